The van der Waals surface area contributed by atoms with E-state index in [0.29, 0.717) is 12.8 Å². The molecule has 3 N–H and O–H groups in total. The highest BCUT2D eigenvalue weighted by Gasteiger charge is 2.33. The van der Waals surface area contributed by atoms with E-state index >= 15 is 0 Å². The van der Waals surface area contributed by atoms with Crippen molar-refractivity contribution in [2.45, 2.75) is 70.8 Å². The van der Waals surface area contributed by atoms with Gasteiger partial charge in [0, 0.05) is 6.04 Å². The van der Waals surface area contributed by atoms with Gasteiger partial charge < -0.3 is 15.8 Å². The number of nitrogens with one attached hydrogen (secondary N) is 1. The van der Waals surface area contributed by atoms with Crippen LogP contribution in [0.1, 0.15) is 46.5 Å². The highest BCUT2D eigenvalue weighted by Crippen LogP contribution is 2.25. The molecule has 124 valence electrons. The Labute approximate surface area is 123 Å². The van der Waals surface area contributed by atoms with E-state index in [2.05, 4.69) is 5.32 Å². The normalized spacial score (nSPS) is 25.5. The fourth-order valence-electron chi connectivity index (χ4n) is 2.32. The number of carbonyl (C=O) groups is 1. The Balaban J connectivity index is 2.44. The number of halogens is 3. The van der Waals surface area contributed by atoms with Crippen LogP contribution in [0.2, 0.25) is 0 Å². The SMILES string of the molecule is CC(C)(C)[C@H](N)C(=O)NC1CCCC(OCC(F)(F)F)C1. The summed E-state index contributed by atoms with van der Waals surface area (Å²) in [6.45, 7) is 4.37. The van der Waals surface area contributed by atoms with E-state index in [0.717, 1.165) is 12.8 Å². The second kappa shape index (κ2) is 6.96. The monoisotopic (exact) mass is 310 g/mol. The number of hydrogen-bond acceptors (Lipinski definition) is 3. The second-order valence-corrected chi connectivity index (χ2v) is 6.76. The number of alkyl halides is 3. The lowest BCUT2D eigenvalue weighted by Crippen LogP contribution is -2.52. The van der Waals surface area contributed by atoms with E-state index in [4.69, 9.17) is 10.5 Å². The zero-order valence-corrected chi connectivity index (χ0v) is 12.8. The summed E-state index contributed by atoms with van der Waals surface area (Å²) in [5.74, 6) is -0.260. The minimum atomic E-state index is -4.31. The summed E-state index contributed by atoms with van der Waals surface area (Å²) in [6, 6.07) is -0.813. The first-order valence-corrected chi connectivity index (χ1v) is 7.23. The molecule has 21 heavy (non-hydrogen) atoms. The molecule has 2 unspecified atom stereocenters. The van der Waals surface area contributed by atoms with Gasteiger partial charge in [0.2, 0.25) is 5.91 Å². The smallest absolute Gasteiger partial charge is 0.369 e. The number of hydrogen-bond donors (Lipinski definition) is 2. The molecule has 0 aromatic heterocycles. The molecule has 0 heterocycles. The molecule has 0 saturated heterocycles. The fourth-order valence-corrected chi connectivity index (χ4v) is 2.32. The largest absolute Gasteiger partial charge is 0.411 e. The van der Waals surface area contributed by atoms with Crippen LogP contribution < -0.4 is 11.1 Å². The number of carbonyl (C=O) groups excluding carboxylic acids is 1. The molecule has 1 aliphatic carbocycles. The van der Waals surface area contributed by atoms with Crippen molar-refractivity contribution < 1.29 is 22.7 Å². The van der Waals surface area contributed by atoms with Gasteiger partial charge in [-0.05, 0) is 31.1 Å². The average Bonchev–Trinajstić information content (AvgIpc) is 2.34. The molecule has 1 rings (SSSR count). The van der Waals surface area contributed by atoms with Crippen LogP contribution >= 0.6 is 0 Å². The molecule has 3 atom stereocenters. The molecular weight excluding hydrogens is 285 g/mol. The van der Waals surface area contributed by atoms with Gasteiger partial charge in [-0.25, -0.2) is 0 Å². The lowest BCUT2D eigenvalue weighted by molar-refractivity contribution is -0.188. The van der Waals surface area contributed by atoms with E-state index < -0.39 is 24.9 Å². The van der Waals surface area contributed by atoms with Crippen LogP contribution in [-0.2, 0) is 9.53 Å². The summed E-state index contributed by atoms with van der Waals surface area (Å²) in [5.41, 5.74) is 5.51. The molecule has 0 aromatic carbocycles. The standard InChI is InChI=1S/C14H25F3N2O2/c1-13(2,3)11(18)12(20)19-9-5-4-6-10(7-9)21-8-14(15,16)17/h9-11H,4-8,18H2,1-3H3,(H,19,20)/t9?,10?,11-/m1/s1. The van der Waals surface area contributed by atoms with Crippen LogP contribution in [0.3, 0.4) is 0 Å². The van der Waals surface area contributed by atoms with Gasteiger partial charge in [0.05, 0.1) is 12.1 Å². The van der Waals surface area contributed by atoms with Crippen LogP contribution in [0.4, 0.5) is 13.2 Å². The third-order valence-corrected chi connectivity index (χ3v) is 3.67. The zero-order chi connectivity index (χ0) is 16.3. The van der Waals surface area contributed by atoms with E-state index in [1.165, 1.54) is 0 Å². The van der Waals surface area contributed by atoms with Crippen molar-refractivity contribution >= 4 is 5.91 Å². The van der Waals surface area contributed by atoms with Crippen molar-refractivity contribution in [1.29, 1.82) is 0 Å². The lowest BCUT2D eigenvalue weighted by Gasteiger charge is -2.32. The maximum Gasteiger partial charge on any atom is 0.411 e. The highest BCUT2D eigenvalue weighted by molar-refractivity contribution is 5.82. The van der Waals surface area contributed by atoms with Gasteiger partial charge in [0.15, 0.2) is 0 Å². The Bertz CT molecular complexity index is 353. The van der Waals surface area contributed by atoms with Crippen molar-refractivity contribution in [2.75, 3.05) is 6.61 Å². The Morgan fingerprint density at radius 2 is 1.95 bits per heavy atom. The predicted octanol–water partition coefficient (Wildman–Crippen LogP) is 2.37. The zero-order valence-electron chi connectivity index (χ0n) is 12.8. The molecule has 0 aromatic rings. The molecule has 1 fully saturated rings. The molecular formula is C14H25F3N2O2. The molecule has 0 radical (unpaired) electrons. The van der Waals surface area contributed by atoms with Gasteiger partial charge in [-0.15, -0.1) is 0 Å². The molecule has 4 nitrogen and oxygen atoms in total. The molecule has 7 heteroatoms. The number of amides is 1. The van der Waals surface area contributed by atoms with E-state index in [9.17, 15) is 18.0 Å². The Morgan fingerprint density at radius 1 is 1.33 bits per heavy atom. The fraction of sp³-hybridized carbons (Fsp3) is 0.929. The van der Waals surface area contributed by atoms with Crippen molar-refractivity contribution in [3.8, 4) is 0 Å². The summed E-state index contributed by atoms with van der Waals surface area (Å²) < 4.78 is 41.3. The van der Waals surface area contributed by atoms with Crippen LogP contribution in [0.15, 0.2) is 0 Å². The summed E-state index contributed by atoms with van der Waals surface area (Å²) in [4.78, 5) is 12.0. The van der Waals surface area contributed by atoms with Crippen molar-refractivity contribution in [3.05, 3.63) is 0 Å². The Morgan fingerprint density at radius 3 is 2.48 bits per heavy atom. The summed E-state index contributed by atoms with van der Waals surface area (Å²) in [7, 11) is 0. The molecule has 1 aliphatic rings. The van der Waals surface area contributed by atoms with Gasteiger partial charge in [0.25, 0.3) is 0 Å². The van der Waals surface area contributed by atoms with E-state index in [1.807, 2.05) is 20.8 Å². The molecule has 1 saturated carbocycles. The van der Waals surface area contributed by atoms with Crippen LogP contribution in [0.25, 0.3) is 0 Å². The molecule has 0 bridgehead atoms. The van der Waals surface area contributed by atoms with Crippen molar-refractivity contribution in [3.63, 3.8) is 0 Å². The Kier molecular flexibility index (Phi) is 6.04. The molecule has 0 spiro atoms. The third kappa shape index (κ3) is 6.65. The average molecular weight is 310 g/mol. The van der Waals surface area contributed by atoms with Crippen LogP contribution in [0.5, 0.6) is 0 Å². The predicted molar refractivity (Wildman–Crippen MR) is 73.6 cm³/mol. The third-order valence-electron chi connectivity index (χ3n) is 3.67. The van der Waals surface area contributed by atoms with Gasteiger partial charge in [0.1, 0.15) is 6.61 Å². The summed E-state index contributed by atoms with van der Waals surface area (Å²) >= 11 is 0. The van der Waals surface area contributed by atoms with Crippen molar-refractivity contribution in [1.82, 2.24) is 5.32 Å². The molecule has 1 amide bonds. The van der Waals surface area contributed by atoms with Crippen LogP contribution in [-0.4, -0.2) is 36.9 Å². The van der Waals surface area contributed by atoms with Gasteiger partial charge in [-0.3, -0.25) is 4.79 Å². The minimum absolute atomic E-state index is 0.169. The first-order valence-electron chi connectivity index (χ1n) is 7.23. The number of rotatable bonds is 4. The van der Waals surface area contributed by atoms with Crippen LogP contribution in [0, 0.1) is 5.41 Å². The van der Waals surface area contributed by atoms with Gasteiger partial charge >= 0.3 is 6.18 Å². The first-order chi connectivity index (χ1) is 9.49. The summed E-state index contributed by atoms with van der Waals surface area (Å²) in [5, 5.41) is 2.83. The quantitative estimate of drug-likeness (QED) is 0.838. The Hall–Kier alpha value is -0.820. The number of nitrogens with two attached hydrogens (primary N) is 1. The topological polar surface area (TPSA) is 64.4 Å². The molecule has 0 aliphatic heterocycles. The highest BCUT2D eigenvalue weighted by atomic mass is 19.4. The number of ether oxygens (including phenoxy) is 1. The maximum absolute atomic E-state index is 12.1. The van der Waals surface area contributed by atoms with E-state index in [1.54, 1.807) is 0 Å². The van der Waals surface area contributed by atoms with E-state index in [-0.39, 0.29) is 17.4 Å². The maximum atomic E-state index is 12.1. The summed E-state index contributed by atoms with van der Waals surface area (Å²) in [6.07, 6.45) is -2.30. The van der Waals surface area contributed by atoms with Gasteiger partial charge in [-0.2, -0.15) is 13.2 Å². The second-order valence-electron chi connectivity index (χ2n) is 6.76. The lowest BCUT2D eigenvalue weighted by atomic mass is 9.86. The van der Waals surface area contributed by atoms with Crippen molar-refractivity contribution in [2.24, 2.45) is 11.1 Å². The first kappa shape index (κ1) is 18.2. The van der Waals surface area contributed by atoms with Gasteiger partial charge in [-0.1, -0.05) is 20.8 Å². The minimum Gasteiger partial charge on any atom is -0.369 e.